The highest BCUT2D eigenvalue weighted by Gasteiger charge is 2.16. The summed E-state index contributed by atoms with van der Waals surface area (Å²) >= 11 is 0. The summed E-state index contributed by atoms with van der Waals surface area (Å²) in [4.78, 5) is 7.88. The fourth-order valence-corrected chi connectivity index (χ4v) is 2.90. The summed E-state index contributed by atoms with van der Waals surface area (Å²) in [7, 11) is -0.667. The Morgan fingerprint density at radius 3 is 2.41 bits per heavy atom. The zero-order valence-corrected chi connectivity index (χ0v) is 13.1. The second-order valence-corrected chi connectivity index (χ2v) is 6.18. The highest BCUT2D eigenvalue weighted by molar-refractivity contribution is 7.89. The van der Waals surface area contributed by atoms with E-state index in [1.807, 2.05) is 0 Å². The lowest BCUT2D eigenvalue weighted by atomic mass is 10.2. The molecule has 0 unspecified atom stereocenters. The van der Waals surface area contributed by atoms with Crippen molar-refractivity contribution in [3.8, 4) is 11.5 Å². The predicted molar refractivity (Wildman–Crippen MR) is 80.5 cm³/mol. The van der Waals surface area contributed by atoms with Crippen molar-refractivity contribution < 1.29 is 17.9 Å². The molecular formula is C14H17N3O4S. The van der Waals surface area contributed by atoms with Crippen LogP contribution in [0.2, 0.25) is 0 Å². The van der Waals surface area contributed by atoms with Crippen molar-refractivity contribution in [1.29, 1.82) is 0 Å². The molecule has 0 aliphatic heterocycles. The Kier molecular flexibility index (Phi) is 5.29. The number of ether oxygens (including phenoxy) is 2. The molecule has 0 atom stereocenters. The van der Waals surface area contributed by atoms with Gasteiger partial charge in [0.1, 0.15) is 6.33 Å². The molecule has 0 fully saturated rings. The van der Waals surface area contributed by atoms with Crippen molar-refractivity contribution in [2.75, 3.05) is 20.8 Å². The Morgan fingerprint density at radius 1 is 1.09 bits per heavy atom. The summed E-state index contributed by atoms with van der Waals surface area (Å²) in [5, 5.41) is 0. The van der Waals surface area contributed by atoms with E-state index in [1.165, 1.54) is 32.7 Å². The van der Waals surface area contributed by atoms with Crippen LogP contribution in [0, 0.1) is 0 Å². The van der Waals surface area contributed by atoms with Gasteiger partial charge < -0.3 is 9.47 Å². The van der Waals surface area contributed by atoms with Crippen LogP contribution in [-0.2, 0) is 16.4 Å². The number of nitrogens with one attached hydrogen (secondary N) is 1. The van der Waals surface area contributed by atoms with E-state index in [0.717, 1.165) is 5.56 Å². The third-order valence-corrected chi connectivity index (χ3v) is 4.44. The molecule has 2 rings (SSSR count). The van der Waals surface area contributed by atoms with Gasteiger partial charge in [-0.1, -0.05) is 0 Å². The zero-order chi connectivity index (χ0) is 16.0. The van der Waals surface area contributed by atoms with E-state index in [0.29, 0.717) is 17.9 Å². The molecule has 1 aromatic carbocycles. The minimum absolute atomic E-state index is 0.120. The van der Waals surface area contributed by atoms with Crippen molar-refractivity contribution in [2.45, 2.75) is 11.3 Å². The Balaban J connectivity index is 2.07. The number of hydrogen-bond donors (Lipinski definition) is 1. The quantitative estimate of drug-likeness (QED) is 0.818. The fraction of sp³-hybridized carbons (Fsp3) is 0.286. The van der Waals surface area contributed by atoms with Crippen molar-refractivity contribution in [1.82, 2.24) is 14.7 Å². The molecule has 1 heterocycles. The first-order valence-electron chi connectivity index (χ1n) is 6.52. The number of aromatic nitrogens is 2. The number of nitrogens with zero attached hydrogens (tertiary/aromatic N) is 2. The standard InChI is InChI=1S/C14H17N3O4S/c1-20-13-4-3-12(7-14(13)21-2)22(18,19)17-6-5-11-8-15-10-16-9-11/h3-4,7-10,17H,5-6H2,1-2H3. The van der Waals surface area contributed by atoms with Gasteiger partial charge in [0, 0.05) is 25.0 Å². The van der Waals surface area contributed by atoms with Gasteiger partial charge in [0.05, 0.1) is 19.1 Å². The molecule has 0 saturated carbocycles. The van der Waals surface area contributed by atoms with Crippen LogP contribution in [0.4, 0.5) is 0 Å². The molecule has 0 amide bonds. The normalized spacial score (nSPS) is 11.2. The molecule has 0 bridgehead atoms. The number of benzene rings is 1. The molecule has 0 aliphatic carbocycles. The minimum atomic E-state index is -3.61. The molecule has 7 nitrogen and oxygen atoms in total. The Morgan fingerprint density at radius 2 is 1.77 bits per heavy atom. The summed E-state index contributed by atoms with van der Waals surface area (Å²) in [5.41, 5.74) is 0.859. The van der Waals surface area contributed by atoms with E-state index in [1.54, 1.807) is 18.5 Å². The topological polar surface area (TPSA) is 90.4 Å². The zero-order valence-electron chi connectivity index (χ0n) is 12.3. The van der Waals surface area contributed by atoms with Crippen molar-refractivity contribution in [3.63, 3.8) is 0 Å². The first kappa shape index (κ1) is 16.2. The minimum Gasteiger partial charge on any atom is -0.493 e. The molecule has 0 aliphatic rings. The number of methoxy groups -OCH3 is 2. The second kappa shape index (κ2) is 7.19. The first-order valence-corrected chi connectivity index (χ1v) is 8.00. The van der Waals surface area contributed by atoms with Crippen LogP contribution in [0.25, 0.3) is 0 Å². The Labute approximate surface area is 129 Å². The largest absolute Gasteiger partial charge is 0.493 e. The lowest BCUT2D eigenvalue weighted by molar-refractivity contribution is 0.354. The van der Waals surface area contributed by atoms with Gasteiger partial charge in [0.2, 0.25) is 10.0 Å². The molecule has 0 saturated heterocycles. The third-order valence-electron chi connectivity index (χ3n) is 2.99. The summed E-state index contributed by atoms with van der Waals surface area (Å²) in [6.45, 7) is 0.254. The first-order chi connectivity index (χ1) is 10.6. The highest BCUT2D eigenvalue weighted by Crippen LogP contribution is 2.29. The molecule has 0 radical (unpaired) electrons. The lowest BCUT2D eigenvalue weighted by Crippen LogP contribution is -2.26. The molecule has 22 heavy (non-hydrogen) atoms. The van der Waals surface area contributed by atoms with E-state index >= 15 is 0 Å². The van der Waals surface area contributed by atoms with Crippen molar-refractivity contribution in [2.24, 2.45) is 0 Å². The second-order valence-electron chi connectivity index (χ2n) is 4.41. The summed E-state index contributed by atoms with van der Waals surface area (Å²) in [6, 6.07) is 4.44. The maximum absolute atomic E-state index is 12.3. The van der Waals surface area contributed by atoms with Crippen LogP contribution in [0.1, 0.15) is 5.56 Å². The Hall–Kier alpha value is -2.19. The van der Waals surface area contributed by atoms with Crippen LogP contribution in [-0.4, -0.2) is 39.2 Å². The molecular weight excluding hydrogens is 306 g/mol. The molecule has 1 aromatic heterocycles. The molecule has 2 aromatic rings. The van der Waals surface area contributed by atoms with E-state index in [9.17, 15) is 8.42 Å². The van der Waals surface area contributed by atoms with Crippen molar-refractivity contribution in [3.05, 3.63) is 42.5 Å². The Bertz CT molecular complexity index is 720. The average molecular weight is 323 g/mol. The van der Waals surface area contributed by atoms with Gasteiger partial charge >= 0.3 is 0 Å². The number of rotatable bonds is 7. The van der Waals surface area contributed by atoms with Crippen molar-refractivity contribution >= 4 is 10.0 Å². The van der Waals surface area contributed by atoms with E-state index < -0.39 is 10.0 Å². The third kappa shape index (κ3) is 3.92. The van der Waals surface area contributed by atoms with Gasteiger partial charge in [-0.3, -0.25) is 0 Å². The van der Waals surface area contributed by atoms with Crippen LogP contribution < -0.4 is 14.2 Å². The van der Waals surface area contributed by atoms with E-state index in [4.69, 9.17) is 9.47 Å². The lowest BCUT2D eigenvalue weighted by Gasteiger charge is -2.11. The van der Waals surface area contributed by atoms with Gasteiger partial charge in [0.25, 0.3) is 0 Å². The summed E-state index contributed by atoms with van der Waals surface area (Å²) in [6.07, 6.45) is 5.24. The van der Waals surface area contributed by atoms with E-state index in [-0.39, 0.29) is 11.4 Å². The van der Waals surface area contributed by atoms with Gasteiger partial charge in [-0.25, -0.2) is 23.1 Å². The van der Waals surface area contributed by atoms with Gasteiger partial charge in [0.15, 0.2) is 11.5 Å². The number of sulfonamides is 1. The molecule has 118 valence electrons. The highest BCUT2D eigenvalue weighted by atomic mass is 32.2. The number of hydrogen-bond acceptors (Lipinski definition) is 6. The maximum Gasteiger partial charge on any atom is 0.240 e. The fourth-order valence-electron chi connectivity index (χ4n) is 1.86. The van der Waals surface area contributed by atoms with Gasteiger partial charge in [-0.05, 0) is 24.1 Å². The average Bonchev–Trinajstić information content (AvgIpc) is 2.55. The van der Waals surface area contributed by atoms with Crippen LogP contribution >= 0.6 is 0 Å². The van der Waals surface area contributed by atoms with Crippen LogP contribution in [0.5, 0.6) is 11.5 Å². The van der Waals surface area contributed by atoms with Crippen LogP contribution in [0.15, 0.2) is 41.8 Å². The van der Waals surface area contributed by atoms with Gasteiger partial charge in [-0.15, -0.1) is 0 Å². The SMILES string of the molecule is COc1ccc(S(=O)(=O)NCCc2cncnc2)cc1OC. The van der Waals surface area contributed by atoms with Crippen LogP contribution in [0.3, 0.4) is 0 Å². The predicted octanol–water partition coefficient (Wildman–Crippen LogP) is 1.01. The smallest absolute Gasteiger partial charge is 0.240 e. The van der Waals surface area contributed by atoms with Gasteiger partial charge in [-0.2, -0.15) is 0 Å². The summed E-state index contributed by atoms with van der Waals surface area (Å²) in [5.74, 6) is 0.838. The maximum atomic E-state index is 12.3. The molecule has 0 spiro atoms. The summed E-state index contributed by atoms with van der Waals surface area (Å²) < 4.78 is 37.2. The van der Waals surface area contributed by atoms with E-state index in [2.05, 4.69) is 14.7 Å². The molecule has 1 N–H and O–H groups in total. The molecule has 8 heteroatoms. The monoisotopic (exact) mass is 323 g/mol.